The summed E-state index contributed by atoms with van der Waals surface area (Å²) in [6, 6.07) is 8.64. The van der Waals surface area contributed by atoms with E-state index in [1.807, 2.05) is 18.2 Å². The van der Waals surface area contributed by atoms with Gasteiger partial charge in [-0.15, -0.1) is 0 Å². The van der Waals surface area contributed by atoms with Gasteiger partial charge in [0.1, 0.15) is 0 Å². The quantitative estimate of drug-likeness (QED) is 0.838. The van der Waals surface area contributed by atoms with Gasteiger partial charge in [0.2, 0.25) is 0 Å². The molecule has 0 aliphatic rings. The molecule has 1 heterocycles. The number of fused-ring (bicyclic) bond motifs is 1. The number of rotatable bonds is 5. The van der Waals surface area contributed by atoms with Crippen molar-refractivity contribution in [3.8, 4) is 0 Å². The summed E-state index contributed by atoms with van der Waals surface area (Å²) in [5, 5.41) is 4.45. The maximum absolute atomic E-state index is 5.58. The first kappa shape index (κ1) is 11.4. The van der Waals surface area contributed by atoms with E-state index in [1.54, 1.807) is 11.3 Å². The van der Waals surface area contributed by atoms with E-state index in [1.165, 1.54) is 4.70 Å². The maximum atomic E-state index is 5.58. The monoisotopic (exact) mass is 235 g/mol. The van der Waals surface area contributed by atoms with E-state index >= 15 is 0 Å². The summed E-state index contributed by atoms with van der Waals surface area (Å²) in [7, 11) is 0. The molecular formula is C12H17N3S. The minimum Gasteiger partial charge on any atom is -0.359 e. The molecule has 1 aromatic carbocycles. The predicted molar refractivity (Wildman–Crippen MR) is 71.0 cm³/mol. The molecule has 0 bridgehead atoms. The normalized spacial score (nSPS) is 12.9. The topological polar surface area (TPSA) is 50.9 Å². The van der Waals surface area contributed by atoms with Crippen LogP contribution in [-0.2, 0) is 0 Å². The summed E-state index contributed by atoms with van der Waals surface area (Å²) in [6.45, 7) is 2.89. The van der Waals surface area contributed by atoms with E-state index in [9.17, 15) is 0 Å². The Kier molecular flexibility index (Phi) is 3.74. The lowest BCUT2D eigenvalue weighted by Crippen LogP contribution is -2.21. The van der Waals surface area contributed by atoms with Crippen LogP contribution in [0.3, 0.4) is 0 Å². The first-order valence-electron chi connectivity index (χ1n) is 5.65. The zero-order valence-electron chi connectivity index (χ0n) is 9.44. The molecule has 0 fully saturated rings. The number of aromatic nitrogens is 1. The number of para-hydroxylation sites is 1. The highest BCUT2D eigenvalue weighted by molar-refractivity contribution is 7.22. The molecular weight excluding hydrogens is 218 g/mol. The molecule has 86 valence electrons. The Balaban J connectivity index is 2.14. The lowest BCUT2D eigenvalue weighted by Gasteiger charge is -2.14. The average molecular weight is 235 g/mol. The smallest absolute Gasteiger partial charge is 0.184 e. The molecule has 0 saturated carbocycles. The van der Waals surface area contributed by atoms with Crippen molar-refractivity contribution in [3.63, 3.8) is 0 Å². The zero-order chi connectivity index (χ0) is 11.4. The number of nitrogens with one attached hydrogen (secondary N) is 1. The molecule has 0 radical (unpaired) electrons. The van der Waals surface area contributed by atoms with E-state index in [0.717, 1.165) is 30.0 Å². The Morgan fingerprint density at radius 1 is 1.44 bits per heavy atom. The van der Waals surface area contributed by atoms with Crippen LogP contribution in [0.5, 0.6) is 0 Å². The van der Waals surface area contributed by atoms with E-state index in [0.29, 0.717) is 6.04 Å². The van der Waals surface area contributed by atoms with Crippen LogP contribution >= 0.6 is 11.3 Å². The summed E-state index contributed by atoms with van der Waals surface area (Å²) in [5.41, 5.74) is 6.64. The van der Waals surface area contributed by atoms with Gasteiger partial charge in [-0.05, 0) is 31.5 Å². The van der Waals surface area contributed by atoms with E-state index < -0.39 is 0 Å². The highest BCUT2D eigenvalue weighted by Gasteiger charge is 2.08. The molecule has 0 saturated heterocycles. The van der Waals surface area contributed by atoms with Crippen LogP contribution in [-0.4, -0.2) is 17.6 Å². The van der Waals surface area contributed by atoms with E-state index in [4.69, 9.17) is 5.73 Å². The molecule has 0 aliphatic heterocycles. The first-order valence-corrected chi connectivity index (χ1v) is 6.47. The molecule has 3 nitrogen and oxygen atoms in total. The molecule has 2 aromatic rings. The van der Waals surface area contributed by atoms with E-state index in [-0.39, 0.29) is 0 Å². The summed E-state index contributed by atoms with van der Waals surface area (Å²) >= 11 is 1.70. The largest absolute Gasteiger partial charge is 0.359 e. The van der Waals surface area contributed by atoms with E-state index in [2.05, 4.69) is 23.3 Å². The molecule has 1 unspecified atom stereocenters. The van der Waals surface area contributed by atoms with Crippen LogP contribution < -0.4 is 11.1 Å². The molecule has 0 spiro atoms. The molecule has 16 heavy (non-hydrogen) atoms. The highest BCUT2D eigenvalue weighted by Crippen LogP contribution is 2.26. The van der Waals surface area contributed by atoms with Crippen LogP contribution in [0.25, 0.3) is 10.2 Å². The van der Waals surface area contributed by atoms with Gasteiger partial charge in [0.05, 0.1) is 10.2 Å². The first-order chi connectivity index (χ1) is 7.83. The van der Waals surface area contributed by atoms with Gasteiger partial charge in [-0.25, -0.2) is 4.98 Å². The van der Waals surface area contributed by atoms with Gasteiger partial charge >= 0.3 is 0 Å². The summed E-state index contributed by atoms with van der Waals surface area (Å²) in [6.07, 6.45) is 2.07. The average Bonchev–Trinajstić information content (AvgIpc) is 2.70. The number of nitrogens with two attached hydrogens (primary N) is 1. The number of anilines is 1. The second-order valence-corrected chi connectivity index (χ2v) is 4.84. The Hall–Kier alpha value is -1.13. The molecule has 2 rings (SSSR count). The molecule has 3 N–H and O–H groups in total. The third kappa shape index (κ3) is 2.51. The SMILES string of the molecule is CCC(CCN)Nc1nc2ccccc2s1. The second-order valence-electron chi connectivity index (χ2n) is 3.81. The third-order valence-corrected chi connectivity index (χ3v) is 3.60. The van der Waals surface area contributed by atoms with Crippen molar-refractivity contribution in [2.24, 2.45) is 5.73 Å². The fourth-order valence-electron chi connectivity index (χ4n) is 1.69. The van der Waals surface area contributed by atoms with Crippen LogP contribution in [0.2, 0.25) is 0 Å². The Morgan fingerprint density at radius 2 is 2.25 bits per heavy atom. The summed E-state index contributed by atoms with van der Waals surface area (Å²) in [5.74, 6) is 0. The Labute approximate surface area is 99.7 Å². The fourth-order valence-corrected chi connectivity index (χ4v) is 2.63. The van der Waals surface area contributed by atoms with Crippen molar-refractivity contribution in [2.45, 2.75) is 25.8 Å². The number of thiazole rings is 1. The Bertz CT molecular complexity index is 419. The highest BCUT2D eigenvalue weighted by atomic mass is 32.1. The fraction of sp³-hybridized carbons (Fsp3) is 0.417. The molecule has 0 aliphatic carbocycles. The predicted octanol–water partition coefficient (Wildman–Crippen LogP) is 2.84. The van der Waals surface area contributed by atoms with Crippen molar-refractivity contribution in [2.75, 3.05) is 11.9 Å². The van der Waals surface area contributed by atoms with Crippen LogP contribution in [0.1, 0.15) is 19.8 Å². The van der Waals surface area contributed by atoms with Gasteiger partial charge < -0.3 is 11.1 Å². The standard InChI is InChI=1S/C12H17N3S/c1-2-9(7-8-13)14-12-15-10-5-3-4-6-11(10)16-12/h3-6,9H,2,7-8,13H2,1H3,(H,14,15). The lowest BCUT2D eigenvalue weighted by molar-refractivity contribution is 0.642. The number of nitrogens with zero attached hydrogens (tertiary/aromatic N) is 1. The molecule has 0 amide bonds. The lowest BCUT2D eigenvalue weighted by atomic mass is 10.1. The van der Waals surface area contributed by atoms with Gasteiger partial charge in [0.25, 0.3) is 0 Å². The van der Waals surface area contributed by atoms with Crippen LogP contribution in [0.4, 0.5) is 5.13 Å². The van der Waals surface area contributed by atoms with Gasteiger partial charge in [-0.2, -0.15) is 0 Å². The molecule has 4 heteroatoms. The van der Waals surface area contributed by atoms with Gasteiger partial charge in [-0.1, -0.05) is 30.4 Å². The van der Waals surface area contributed by atoms with Crippen molar-refractivity contribution in [1.29, 1.82) is 0 Å². The molecule has 1 atom stereocenters. The zero-order valence-corrected chi connectivity index (χ0v) is 10.3. The van der Waals surface area contributed by atoms with Crippen molar-refractivity contribution in [1.82, 2.24) is 4.98 Å². The summed E-state index contributed by atoms with van der Waals surface area (Å²) in [4.78, 5) is 4.55. The number of benzene rings is 1. The van der Waals surface area contributed by atoms with Crippen LogP contribution in [0.15, 0.2) is 24.3 Å². The van der Waals surface area contributed by atoms with Gasteiger partial charge in [0.15, 0.2) is 5.13 Å². The van der Waals surface area contributed by atoms with Crippen molar-refractivity contribution in [3.05, 3.63) is 24.3 Å². The van der Waals surface area contributed by atoms with Gasteiger partial charge in [-0.3, -0.25) is 0 Å². The van der Waals surface area contributed by atoms with Crippen molar-refractivity contribution < 1.29 is 0 Å². The summed E-state index contributed by atoms with van der Waals surface area (Å²) < 4.78 is 1.23. The number of hydrogen-bond acceptors (Lipinski definition) is 4. The van der Waals surface area contributed by atoms with Crippen molar-refractivity contribution >= 4 is 26.7 Å². The van der Waals surface area contributed by atoms with Gasteiger partial charge in [0, 0.05) is 6.04 Å². The number of hydrogen-bond donors (Lipinski definition) is 2. The minimum absolute atomic E-state index is 0.436. The third-order valence-electron chi connectivity index (χ3n) is 2.63. The minimum atomic E-state index is 0.436. The second kappa shape index (κ2) is 5.27. The maximum Gasteiger partial charge on any atom is 0.184 e. The molecule has 1 aromatic heterocycles. The van der Waals surface area contributed by atoms with Crippen LogP contribution in [0, 0.1) is 0 Å². The Morgan fingerprint density at radius 3 is 2.94 bits per heavy atom.